The average Bonchev–Trinajstić information content (AvgIpc) is 2.65. The third-order valence-corrected chi connectivity index (χ3v) is 3.33. The molecule has 0 bridgehead atoms. The third-order valence-electron chi connectivity index (χ3n) is 3.33. The van der Waals surface area contributed by atoms with Crippen LogP contribution in [0.3, 0.4) is 0 Å². The number of para-hydroxylation sites is 1. The fraction of sp³-hybridized carbons (Fsp3) is 0.467. The van der Waals surface area contributed by atoms with Crippen LogP contribution >= 0.6 is 0 Å². The van der Waals surface area contributed by atoms with E-state index in [1.54, 1.807) is 9.80 Å². The van der Waals surface area contributed by atoms with Gasteiger partial charge in [-0.25, -0.2) is 4.79 Å². The van der Waals surface area contributed by atoms with Crippen LogP contribution in [0.1, 0.15) is 20.3 Å². The number of primary amides is 1. The molecule has 1 fully saturated rings. The van der Waals surface area contributed by atoms with Crippen LogP contribution in [0.4, 0.5) is 10.5 Å². The predicted molar refractivity (Wildman–Crippen MR) is 78.3 cm³/mol. The summed E-state index contributed by atoms with van der Waals surface area (Å²) in [6.45, 7) is 5.38. The maximum absolute atomic E-state index is 12.5. The zero-order valence-corrected chi connectivity index (χ0v) is 12.0. The van der Waals surface area contributed by atoms with Crippen LogP contribution < -0.4 is 10.6 Å². The molecule has 1 aliphatic rings. The summed E-state index contributed by atoms with van der Waals surface area (Å²) in [6.07, 6.45) is 0.190. The maximum Gasteiger partial charge on any atom is 0.324 e. The molecule has 108 valence electrons. The standard InChI is InChI=1S/C15H21N3O2/c1-11(2)9-17-10-13(8-14(16)19)18(15(17)20)12-6-4-3-5-7-12/h3-7,11,13H,8-10H2,1-2H3,(H2,16,19). The molecule has 1 unspecified atom stereocenters. The van der Waals surface area contributed by atoms with Crippen LogP contribution in [-0.2, 0) is 4.79 Å². The summed E-state index contributed by atoms with van der Waals surface area (Å²) in [5.74, 6) is 0.0130. The zero-order valence-electron chi connectivity index (χ0n) is 12.0. The Balaban J connectivity index is 2.25. The van der Waals surface area contributed by atoms with Crippen molar-refractivity contribution in [2.75, 3.05) is 18.0 Å². The molecule has 1 saturated heterocycles. The largest absolute Gasteiger partial charge is 0.370 e. The lowest BCUT2D eigenvalue weighted by Crippen LogP contribution is -2.37. The monoisotopic (exact) mass is 275 g/mol. The molecule has 20 heavy (non-hydrogen) atoms. The number of benzene rings is 1. The van der Waals surface area contributed by atoms with Crippen molar-refractivity contribution >= 4 is 17.6 Å². The normalized spacial score (nSPS) is 18.9. The quantitative estimate of drug-likeness (QED) is 0.890. The lowest BCUT2D eigenvalue weighted by Gasteiger charge is -2.22. The minimum atomic E-state index is -0.380. The average molecular weight is 275 g/mol. The second-order valence-corrected chi connectivity index (χ2v) is 5.61. The Morgan fingerprint density at radius 3 is 2.55 bits per heavy atom. The number of carbonyl (C=O) groups is 2. The van der Waals surface area contributed by atoms with E-state index in [2.05, 4.69) is 13.8 Å². The molecule has 2 N–H and O–H groups in total. The molecule has 1 aromatic rings. The summed E-state index contributed by atoms with van der Waals surface area (Å²) in [6, 6.07) is 9.20. The molecular weight excluding hydrogens is 254 g/mol. The first-order valence-electron chi connectivity index (χ1n) is 6.90. The number of urea groups is 1. The van der Waals surface area contributed by atoms with E-state index in [-0.39, 0.29) is 24.4 Å². The van der Waals surface area contributed by atoms with Crippen molar-refractivity contribution in [3.63, 3.8) is 0 Å². The maximum atomic E-state index is 12.5. The molecule has 2 rings (SSSR count). The molecule has 5 heteroatoms. The van der Waals surface area contributed by atoms with Gasteiger partial charge in [-0.05, 0) is 18.1 Å². The first kappa shape index (κ1) is 14.4. The Morgan fingerprint density at radius 2 is 2.00 bits per heavy atom. The van der Waals surface area contributed by atoms with Crippen molar-refractivity contribution in [3.05, 3.63) is 30.3 Å². The summed E-state index contributed by atoms with van der Waals surface area (Å²) in [4.78, 5) is 27.3. The molecule has 0 spiro atoms. The molecule has 5 nitrogen and oxygen atoms in total. The number of hydrogen-bond acceptors (Lipinski definition) is 2. The van der Waals surface area contributed by atoms with E-state index in [9.17, 15) is 9.59 Å². The van der Waals surface area contributed by atoms with Crippen LogP contribution in [0, 0.1) is 5.92 Å². The van der Waals surface area contributed by atoms with Crippen molar-refractivity contribution in [1.29, 1.82) is 0 Å². The van der Waals surface area contributed by atoms with Crippen LogP contribution in [-0.4, -0.2) is 36.0 Å². The lowest BCUT2D eigenvalue weighted by atomic mass is 10.1. The molecule has 0 aliphatic carbocycles. The van der Waals surface area contributed by atoms with Crippen molar-refractivity contribution < 1.29 is 9.59 Å². The number of rotatable bonds is 5. The summed E-state index contributed by atoms with van der Waals surface area (Å²) < 4.78 is 0. The van der Waals surface area contributed by atoms with Crippen LogP contribution in [0.2, 0.25) is 0 Å². The van der Waals surface area contributed by atoms with Gasteiger partial charge in [0.05, 0.1) is 6.04 Å². The van der Waals surface area contributed by atoms with Crippen molar-refractivity contribution in [1.82, 2.24) is 4.90 Å². The summed E-state index contributed by atoms with van der Waals surface area (Å²) in [5, 5.41) is 0. The number of amides is 3. The number of anilines is 1. The van der Waals surface area contributed by atoms with E-state index in [0.717, 1.165) is 5.69 Å². The van der Waals surface area contributed by atoms with Gasteiger partial charge in [-0.2, -0.15) is 0 Å². The molecule has 1 aromatic carbocycles. The van der Waals surface area contributed by atoms with Gasteiger partial charge in [-0.3, -0.25) is 9.69 Å². The Kier molecular flexibility index (Phi) is 4.27. The van der Waals surface area contributed by atoms with Gasteiger partial charge in [-0.1, -0.05) is 32.0 Å². The minimum absolute atomic E-state index is 0.0452. The highest BCUT2D eigenvalue weighted by Crippen LogP contribution is 2.26. The van der Waals surface area contributed by atoms with Gasteiger partial charge in [0.2, 0.25) is 5.91 Å². The summed E-state index contributed by atoms with van der Waals surface area (Å²) >= 11 is 0. The molecule has 0 saturated carbocycles. The van der Waals surface area contributed by atoms with Gasteiger partial charge in [0.25, 0.3) is 0 Å². The second kappa shape index (κ2) is 5.94. The molecule has 0 aromatic heterocycles. The Bertz CT molecular complexity index is 487. The van der Waals surface area contributed by atoms with Gasteiger partial charge in [0.15, 0.2) is 0 Å². The van der Waals surface area contributed by atoms with E-state index in [1.165, 1.54) is 0 Å². The van der Waals surface area contributed by atoms with Crippen molar-refractivity contribution in [2.45, 2.75) is 26.3 Å². The predicted octanol–water partition coefficient (Wildman–Crippen LogP) is 1.83. The number of hydrogen-bond donors (Lipinski definition) is 1. The third kappa shape index (κ3) is 3.10. The smallest absolute Gasteiger partial charge is 0.324 e. The van der Waals surface area contributed by atoms with Gasteiger partial charge in [-0.15, -0.1) is 0 Å². The Hall–Kier alpha value is -2.04. The Labute approximate surface area is 119 Å². The number of nitrogens with two attached hydrogens (primary N) is 1. The van der Waals surface area contributed by atoms with E-state index in [0.29, 0.717) is 19.0 Å². The Morgan fingerprint density at radius 1 is 1.35 bits per heavy atom. The highest BCUT2D eigenvalue weighted by Gasteiger charge is 2.38. The van der Waals surface area contributed by atoms with E-state index in [1.807, 2.05) is 30.3 Å². The summed E-state index contributed by atoms with van der Waals surface area (Å²) in [7, 11) is 0. The first-order chi connectivity index (χ1) is 9.49. The first-order valence-corrected chi connectivity index (χ1v) is 6.90. The van der Waals surface area contributed by atoms with Crippen LogP contribution in [0.25, 0.3) is 0 Å². The van der Waals surface area contributed by atoms with Crippen LogP contribution in [0.15, 0.2) is 30.3 Å². The summed E-state index contributed by atoms with van der Waals surface area (Å²) in [5.41, 5.74) is 6.12. The second-order valence-electron chi connectivity index (χ2n) is 5.61. The van der Waals surface area contributed by atoms with Crippen molar-refractivity contribution in [3.8, 4) is 0 Å². The highest BCUT2D eigenvalue weighted by atomic mass is 16.2. The van der Waals surface area contributed by atoms with Crippen molar-refractivity contribution in [2.24, 2.45) is 11.7 Å². The number of carbonyl (C=O) groups excluding carboxylic acids is 2. The topological polar surface area (TPSA) is 66.6 Å². The van der Waals surface area contributed by atoms with Gasteiger partial charge in [0.1, 0.15) is 0 Å². The molecular formula is C15H21N3O2. The molecule has 1 aliphatic heterocycles. The van der Waals surface area contributed by atoms with Gasteiger partial charge < -0.3 is 10.6 Å². The molecule has 1 atom stereocenters. The van der Waals surface area contributed by atoms with E-state index >= 15 is 0 Å². The van der Waals surface area contributed by atoms with E-state index < -0.39 is 0 Å². The van der Waals surface area contributed by atoms with E-state index in [4.69, 9.17) is 5.73 Å². The molecule has 1 heterocycles. The van der Waals surface area contributed by atoms with Gasteiger partial charge >= 0.3 is 6.03 Å². The highest BCUT2D eigenvalue weighted by molar-refractivity contribution is 5.96. The fourth-order valence-corrected chi connectivity index (χ4v) is 2.61. The van der Waals surface area contributed by atoms with Gasteiger partial charge in [0, 0.05) is 25.2 Å². The minimum Gasteiger partial charge on any atom is -0.370 e. The lowest BCUT2D eigenvalue weighted by molar-refractivity contribution is -0.118. The fourth-order valence-electron chi connectivity index (χ4n) is 2.61. The SMILES string of the molecule is CC(C)CN1CC(CC(N)=O)N(c2ccccc2)C1=O. The number of nitrogens with zero attached hydrogens (tertiary/aromatic N) is 2. The zero-order chi connectivity index (χ0) is 14.7. The molecule has 0 radical (unpaired) electrons. The van der Waals surface area contributed by atoms with Crippen LogP contribution in [0.5, 0.6) is 0 Å². The molecule has 3 amide bonds.